The van der Waals surface area contributed by atoms with Crippen molar-refractivity contribution in [3.05, 3.63) is 118 Å². The van der Waals surface area contributed by atoms with E-state index in [1.54, 1.807) is 12.0 Å². The van der Waals surface area contributed by atoms with E-state index < -0.39 is 0 Å². The third-order valence-electron chi connectivity index (χ3n) is 6.65. The Balaban J connectivity index is 1.23. The predicted molar refractivity (Wildman–Crippen MR) is 161 cm³/mol. The first-order chi connectivity index (χ1) is 20.1. The van der Waals surface area contributed by atoms with Gasteiger partial charge < -0.3 is 18.9 Å². The van der Waals surface area contributed by atoms with E-state index in [0.29, 0.717) is 40.5 Å². The van der Waals surface area contributed by atoms with Crippen LogP contribution in [0.25, 0.3) is 6.08 Å². The third kappa shape index (κ3) is 6.07. The van der Waals surface area contributed by atoms with Crippen molar-refractivity contribution in [2.45, 2.75) is 20.1 Å². The molecule has 8 heteroatoms. The van der Waals surface area contributed by atoms with E-state index in [9.17, 15) is 4.79 Å². The fourth-order valence-corrected chi connectivity index (χ4v) is 5.46. The fraction of sp³-hybridized carbons (Fsp3) is 0.152. The molecule has 0 N–H and O–H groups in total. The van der Waals surface area contributed by atoms with Gasteiger partial charge in [0.15, 0.2) is 28.2 Å². The van der Waals surface area contributed by atoms with Crippen LogP contribution in [0.1, 0.15) is 22.3 Å². The minimum Gasteiger partial charge on any atom is -0.493 e. The number of carbonyl (C=O) groups is 1. The van der Waals surface area contributed by atoms with Gasteiger partial charge in [-0.3, -0.25) is 9.69 Å². The zero-order chi connectivity index (χ0) is 28.2. The molecule has 4 aromatic rings. The van der Waals surface area contributed by atoms with Crippen LogP contribution in [-0.4, -0.2) is 29.9 Å². The molecule has 7 nitrogen and oxygen atoms in total. The van der Waals surface area contributed by atoms with E-state index in [1.165, 1.54) is 11.8 Å². The minimum absolute atomic E-state index is 0.0909. The van der Waals surface area contributed by atoms with Crippen molar-refractivity contribution in [3.63, 3.8) is 0 Å². The van der Waals surface area contributed by atoms with Gasteiger partial charge in [-0.05, 0) is 77.9 Å². The largest absolute Gasteiger partial charge is 0.493 e. The van der Waals surface area contributed by atoms with Crippen molar-refractivity contribution in [2.24, 2.45) is 4.99 Å². The smallest absolute Gasteiger partial charge is 0.267 e. The first-order valence-corrected chi connectivity index (χ1v) is 14.0. The fourth-order valence-electron chi connectivity index (χ4n) is 4.46. The summed E-state index contributed by atoms with van der Waals surface area (Å²) in [6.45, 7) is 3.05. The lowest BCUT2D eigenvalue weighted by atomic mass is 10.1. The number of amidine groups is 1. The highest BCUT2D eigenvalue weighted by Gasteiger charge is 2.33. The molecule has 2 heterocycles. The molecule has 4 aromatic carbocycles. The van der Waals surface area contributed by atoms with E-state index in [4.69, 9.17) is 23.9 Å². The number of hydrogen-bond acceptors (Lipinski definition) is 7. The summed E-state index contributed by atoms with van der Waals surface area (Å²) >= 11 is 1.37. The summed E-state index contributed by atoms with van der Waals surface area (Å²) < 4.78 is 22.5. The van der Waals surface area contributed by atoms with Crippen LogP contribution in [0.4, 0.5) is 5.69 Å². The van der Waals surface area contributed by atoms with Crippen LogP contribution < -0.4 is 18.9 Å². The van der Waals surface area contributed by atoms with Gasteiger partial charge in [0.2, 0.25) is 6.79 Å². The number of aryl methyl sites for hydroxylation is 1. The van der Waals surface area contributed by atoms with Gasteiger partial charge >= 0.3 is 0 Å². The molecule has 41 heavy (non-hydrogen) atoms. The second-order valence-corrected chi connectivity index (χ2v) is 10.6. The van der Waals surface area contributed by atoms with Crippen molar-refractivity contribution in [1.29, 1.82) is 0 Å². The van der Waals surface area contributed by atoms with Gasteiger partial charge in [0.25, 0.3) is 5.91 Å². The summed E-state index contributed by atoms with van der Waals surface area (Å²) in [6.07, 6.45) is 1.87. The Morgan fingerprint density at radius 3 is 2.51 bits per heavy atom. The van der Waals surface area contributed by atoms with Gasteiger partial charge in [0, 0.05) is 0 Å². The van der Waals surface area contributed by atoms with E-state index >= 15 is 0 Å². The average molecular weight is 565 g/mol. The van der Waals surface area contributed by atoms with E-state index in [0.717, 1.165) is 33.7 Å². The lowest BCUT2D eigenvalue weighted by molar-refractivity contribution is -0.122. The van der Waals surface area contributed by atoms with Crippen molar-refractivity contribution in [2.75, 3.05) is 13.9 Å². The Morgan fingerprint density at radius 1 is 0.902 bits per heavy atom. The van der Waals surface area contributed by atoms with Crippen molar-refractivity contribution in [1.82, 2.24) is 4.90 Å². The summed E-state index contributed by atoms with van der Waals surface area (Å²) in [5, 5.41) is 0.643. The number of rotatable bonds is 8. The molecule has 0 bridgehead atoms. The van der Waals surface area contributed by atoms with E-state index in [2.05, 4.69) is 0 Å². The highest BCUT2D eigenvalue weighted by atomic mass is 32.2. The summed E-state index contributed by atoms with van der Waals surface area (Å²) in [7, 11) is 1.60. The Labute approximate surface area is 243 Å². The molecule has 1 fully saturated rings. The molecule has 0 unspecified atom stereocenters. The van der Waals surface area contributed by atoms with Crippen LogP contribution in [0.2, 0.25) is 0 Å². The molecule has 206 valence electrons. The summed E-state index contributed by atoms with van der Waals surface area (Å²) in [5.74, 6) is 2.53. The standard InChI is InChI=1S/C33H28N2O5S/c1-22-8-12-26(13-9-22)34-33-35(19-23-6-4-3-5-7-23)32(36)31(41-33)18-24-10-14-27(29(16-24)37-2)38-20-25-11-15-28-30(17-25)40-21-39-28/h3-18H,19-21H2,1-2H3/b31-18+,34-33?. The Bertz CT molecular complexity index is 1630. The lowest BCUT2D eigenvalue weighted by Gasteiger charge is -2.15. The Hall–Kier alpha value is -4.69. The molecular formula is C33H28N2O5S. The molecular weight excluding hydrogens is 536 g/mol. The Morgan fingerprint density at radius 2 is 1.71 bits per heavy atom. The summed E-state index contributed by atoms with van der Waals surface area (Å²) in [5.41, 5.74) is 4.77. The molecule has 0 atom stereocenters. The van der Waals surface area contributed by atoms with Crippen LogP contribution in [0.3, 0.4) is 0 Å². The van der Waals surface area contributed by atoms with Crippen molar-refractivity contribution < 1.29 is 23.7 Å². The Kier molecular flexibility index (Phi) is 7.65. The van der Waals surface area contributed by atoms with Gasteiger partial charge in [-0.15, -0.1) is 0 Å². The second kappa shape index (κ2) is 11.8. The number of amides is 1. The molecule has 0 spiro atoms. The predicted octanol–water partition coefficient (Wildman–Crippen LogP) is 7.12. The zero-order valence-corrected chi connectivity index (χ0v) is 23.5. The van der Waals surface area contributed by atoms with Crippen LogP contribution in [0.5, 0.6) is 23.0 Å². The van der Waals surface area contributed by atoms with Crippen LogP contribution in [0.15, 0.2) is 101 Å². The first kappa shape index (κ1) is 26.5. The molecule has 0 radical (unpaired) electrons. The van der Waals surface area contributed by atoms with Crippen molar-refractivity contribution >= 4 is 34.6 Å². The van der Waals surface area contributed by atoms with Gasteiger partial charge in [-0.2, -0.15) is 0 Å². The van der Waals surface area contributed by atoms with Gasteiger partial charge in [0.05, 0.1) is 24.2 Å². The molecule has 6 rings (SSSR count). The number of benzene rings is 4. The van der Waals surface area contributed by atoms with Gasteiger partial charge in [-0.25, -0.2) is 4.99 Å². The number of methoxy groups -OCH3 is 1. The highest BCUT2D eigenvalue weighted by Crippen LogP contribution is 2.37. The number of aliphatic imine (C=N–C) groups is 1. The van der Waals surface area contributed by atoms with Crippen LogP contribution >= 0.6 is 11.8 Å². The number of thioether (sulfide) groups is 1. The molecule has 2 aliphatic rings. The second-order valence-electron chi connectivity index (χ2n) is 9.60. The van der Waals surface area contributed by atoms with Gasteiger partial charge in [-0.1, -0.05) is 60.2 Å². The molecule has 1 amide bonds. The number of ether oxygens (including phenoxy) is 4. The van der Waals surface area contributed by atoms with E-state index in [-0.39, 0.29) is 12.7 Å². The maximum atomic E-state index is 13.6. The summed E-state index contributed by atoms with van der Waals surface area (Å²) in [6, 6.07) is 29.2. The SMILES string of the molecule is COc1cc(/C=C2/SC(=Nc3ccc(C)cc3)N(Cc3ccccc3)C2=O)ccc1OCc1ccc2c(c1)OCO2. The molecule has 0 aliphatic carbocycles. The maximum Gasteiger partial charge on any atom is 0.267 e. The number of nitrogens with zero attached hydrogens (tertiary/aromatic N) is 2. The third-order valence-corrected chi connectivity index (χ3v) is 7.65. The number of fused-ring (bicyclic) bond motifs is 1. The monoisotopic (exact) mass is 564 g/mol. The molecule has 0 aromatic heterocycles. The van der Waals surface area contributed by atoms with Crippen molar-refractivity contribution in [3.8, 4) is 23.0 Å². The lowest BCUT2D eigenvalue weighted by Crippen LogP contribution is -2.28. The average Bonchev–Trinajstić information content (AvgIpc) is 3.58. The quantitative estimate of drug-likeness (QED) is 0.212. The first-order valence-electron chi connectivity index (χ1n) is 13.2. The van der Waals surface area contributed by atoms with Crippen LogP contribution in [0, 0.1) is 6.92 Å². The minimum atomic E-state index is -0.0909. The van der Waals surface area contributed by atoms with Gasteiger partial charge in [0.1, 0.15) is 6.61 Å². The normalized spacial score (nSPS) is 16.0. The van der Waals surface area contributed by atoms with E-state index in [1.807, 2.05) is 104 Å². The molecule has 1 saturated heterocycles. The number of hydrogen-bond donors (Lipinski definition) is 0. The highest BCUT2D eigenvalue weighted by molar-refractivity contribution is 8.18. The summed E-state index contributed by atoms with van der Waals surface area (Å²) in [4.78, 5) is 20.7. The number of carbonyl (C=O) groups excluding carboxylic acids is 1. The zero-order valence-electron chi connectivity index (χ0n) is 22.7. The molecule has 0 saturated carbocycles. The maximum absolute atomic E-state index is 13.6. The topological polar surface area (TPSA) is 69.6 Å². The van der Waals surface area contributed by atoms with Crippen LogP contribution in [-0.2, 0) is 17.9 Å². The molecule has 2 aliphatic heterocycles.